The minimum Gasteiger partial charge on any atom is -0.392 e. The standard InChI is InChI=1S/C14H22N2O2S2/c1-3-13(14(15)19)20(17,18)16-11(2)9-10-12-7-5-4-6-8-12/h4-8,11,13,16H,3,9-10H2,1-2H3,(H2,15,19). The van der Waals surface area contributed by atoms with E-state index in [2.05, 4.69) is 4.72 Å². The third-order valence-electron chi connectivity index (χ3n) is 3.14. The lowest BCUT2D eigenvalue weighted by atomic mass is 10.1. The Labute approximate surface area is 126 Å². The van der Waals surface area contributed by atoms with Crippen molar-refractivity contribution in [1.82, 2.24) is 4.72 Å². The summed E-state index contributed by atoms with van der Waals surface area (Å²) < 4.78 is 27.0. The molecule has 0 aliphatic heterocycles. The van der Waals surface area contributed by atoms with Gasteiger partial charge in [-0.25, -0.2) is 13.1 Å². The highest BCUT2D eigenvalue weighted by atomic mass is 32.2. The highest BCUT2D eigenvalue weighted by Gasteiger charge is 2.27. The molecule has 0 saturated heterocycles. The van der Waals surface area contributed by atoms with Crippen molar-refractivity contribution in [2.45, 2.75) is 44.4 Å². The molecule has 2 unspecified atom stereocenters. The van der Waals surface area contributed by atoms with Gasteiger partial charge in [0, 0.05) is 6.04 Å². The largest absolute Gasteiger partial charge is 0.392 e. The van der Waals surface area contributed by atoms with Crippen LogP contribution in [0, 0.1) is 0 Å². The first kappa shape index (κ1) is 17.1. The van der Waals surface area contributed by atoms with E-state index < -0.39 is 15.3 Å². The normalized spacial score (nSPS) is 14.7. The van der Waals surface area contributed by atoms with Gasteiger partial charge in [-0.3, -0.25) is 0 Å². The molecule has 1 rings (SSSR count). The van der Waals surface area contributed by atoms with E-state index in [0.717, 1.165) is 12.8 Å². The Kier molecular flexibility index (Phi) is 6.58. The zero-order chi connectivity index (χ0) is 15.2. The average molecular weight is 314 g/mol. The number of hydrogen-bond donors (Lipinski definition) is 2. The first-order valence-electron chi connectivity index (χ1n) is 6.71. The molecule has 0 spiro atoms. The van der Waals surface area contributed by atoms with Gasteiger partial charge >= 0.3 is 0 Å². The van der Waals surface area contributed by atoms with E-state index in [9.17, 15) is 8.42 Å². The van der Waals surface area contributed by atoms with Crippen molar-refractivity contribution in [3.8, 4) is 0 Å². The molecule has 4 nitrogen and oxygen atoms in total. The van der Waals surface area contributed by atoms with E-state index in [1.165, 1.54) is 5.56 Å². The summed E-state index contributed by atoms with van der Waals surface area (Å²) in [4.78, 5) is 0.0234. The Balaban J connectivity index is 2.57. The van der Waals surface area contributed by atoms with Crippen molar-refractivity contribution >= 4 is 27.2 Å². The zero-order valence-electron chi connectivity index (χ0n) is 11.9. The smallest absolute Gasteiger partial charge is 0.221 e. The lowest BCUT2D eigenvalue weighted by molar-refractivity contribution is 0.541. The maximum Gasteiger partial charge on any atom is 0.221 e. The van der Waals surface area contributed by atoms with Crippen molar-refractivity contribution in [3.05, 3.63) is 35.9 Å². The van der Waals surface area contributed by atoms with Crippen molar-refractivity contribution in [2.75, 3.05) is 0 Å². The highest BCUT2D eigenvalue weighted by molar-refractivity contribution is 7.93. The van der Waals surface area contributed by atoms with Crippen LogP contribution in [-0.4, -0.2) is 24.7 Å². The predicted molar refractivity (Wildman–Crippen MR) is 87.1 cm³/mol. The maximum atomic E-state index is 12.1. The molecule has 0 aromatic heterocycles. The number of hydrogen-bond acceptors (Lipinski definition) is 3. The second kappa shape index (κ2) is 7.71. The van der Waals surface area contributed by atoms with E-state index >= 15 is 0 Å². The fraction of sp³-hybridized carbons (Fsp3) is 0.500. The highest BCUT2D eigenvalue weighted by Crippen LogP contribution is 2.09. The van der Waals surface area contributed by atoms with Gasteiger partial charge in [-0.2, -0.15) is 0 Å². The molecular formula is C14H22N2O2S2. The number of aryl methyl sites for hydroxylation is 1. The number of rotatable bonds is 8. The van der Waals surface area contributed by atoms with Crippen LogP contribution in [0.5, 0.6) is 0 Å². The van der Waals surface area contributed by atoms with Gasteiger partial charge in [0.05, 0.1) is 4.99 Å². The molecule has 20 heavy (non-hydrogen) atoms. The van der Waals surface area contributed by atoms with E-state index in [-0.39, 0.29) is 11.0 Å². The van der Waals surface area contributed by atoms with Crippen LogP contribution in [0.3, 0.4) is 0 Å². The Morgan fingerprint density at radius 2 is 1.95 bits per heavy atom. The third kappa shape index (κ3) is 5.19. The fourth-order valence-electron chi connectivity index (χ4n) is 2.02. The summed E-state index contributed by atoms with van der Waals surface area (Å²) in [5.41, 5.74) is 6.68. The number of benzene rings is 1. The predicted octanol–water partition coefficient (Wildman–Crippen LogP) is 1.99. The Morgan fingerprint density at radius 1 is 1.35 bits per heavy atom. The van der Waals surface area contributed by atoms with E-state index in [4.69, 9.17) is 18.0 Å². The molecular weight excluding hydrogens is 292 g/mol. The minimum atomic E-state index is -3.49. The first-order valence-corrected chi connectivity index (χ1v) is 8.66. The molecule has 2 atom stereocenters. The number of sulfonamides is 1. The number of nitrogens with one attached hydrogen (secondary N) is 1. The average Bonchev–Trinajstić information content (AvgIpc) is 2.37. The van der Waals surface area contributed by atoms with Crippen LogP contribution < -0.4 is 10.5 Å². The van der Waals surface area contributed by atoms with Crippen LogP contribution in [0.15, 0.2) is 30.3 Å². The molecule has 0 heterocycles. The Hall–Kier alpha value is -0.980. The molecule has 1 aromatic carbocycles. The quantitative estimate of drug-likeness (QED) is 0.720. The van der Waals surface area contributed by atoms with Gasteiger partial charge in [-0.1, -0.05) is 49.5 Å². The van der Waals surface area contributed by atoms with E-state index in [1.807, 2.05) is 37.3 Å². The molecule has 0 bridgehead atoms. The second-order valence-electron chi connectivity index (χ2n) is 4.89. The van der Waals surface area contributed by atoms with Crippen molar-refractivity contribution < 1.29 is 8.42 Å². The molecule has 3 N–H and O–H groups in total. The SMILES string of the molecule is CCC(C(N)=S)S(=O)(=O)NC(C)CCc1ccccc1. The van der Waals surface area contributed by atoms with E-state index in [1.54, 1.807) is 6.92 Å². The second-order valence-corrected chi connectivity index (χ2v) is 7.25. The first-order chi connectivity index (χ1) is 9.36. The van der Waals surface area contributed by atoms with Gasteiger partial charge in [0.25, 0.3) is 0 Å². The maximum absolute atomic E-state index is 12.1. The molecule has 1 aromatic rings. The molecule has 0 aliphatic carbocycles. The third-order valence-corrected chi connectivity index (χ3v) is 5.64. The Bertz CT molecular complexity index is 529. The zero-order valence-corrected chi connectivity index (χ0v) is 13.5. The van der Waals surface area contributed by atoms with Crippen LogP contribution in [0.2, 0.25) is 0 Å². The summed E-state index contributed by atoms with van der Waals surface area (Å²) in [6.45, 7) is 3.62. The van der Waals surface area contributed by atoms with E-state index in [0.29, 0.717) is 6.42 Å². The van der Waals surface area contributed by atoms with Crippen LogP contribution in [0.4, 0.5) is 0 Å². The van der Waals surface area contributed by atoms with Gasteiger partial charge in [0.15, 0.2) is 0 Å². The Morgan fingerprint density at radius 3 is 2.45 bits per heavy atom. The summed E-state index contributed by atoms with van der Waals surface area (Å²) >= 11 is 4.82. The number of thiocarbonyl (C=S) groups is 1. The molecule has 0 aliphatic rings. The van der Waals surface area contributed by atoms with Gasteiger partial charge in [-0.05, 0) is 31.7 Å². The summed E-state index contributed by atoms with van der Waals surface area (Å²) in [5, 5.41) is -0.795. The molecule has 0 amide bonds. The van der Waals surface area contributed by atoms with Gasteiger partial charge in [0.1, 0.15) is 5.25 Å². The molecule has 6 heteroatoms. The summed E-state index contributed by atoms with van der Waals surface area (Å²) in [6.07, 6.45) is 1.95. The molecule has 0 saturated carbocycles. The lowest BCUT2D eigenvalue weighted by Crippen LogP contribution is -2.45. The van der Waals surface area contributed by atoms with Crippen LogP contribution in [-0.2, 0) is 16.4 Å². The van der Waals surface area contributed by atoms with Crippen molar-refractivity contribution in [1.29, 1.82) is 0 Å². The van der Waals surface area contributed by atoms with Gasteiger partial charge < -0.3 is 5.73 Å². The molecule has 0 fully saturated rings. The summed E-state index contributed by atoms with van der Waals surface area (Å²) in [7, 11) is -3.49. The summed E-state index contributed by atoms with van der Waals surface area (Å²) in [5.74, 6) is 0. The molecule has 112 valence electrons. The summed E-state index contributed by atoms with van der Waals surface area (Å²) in [6, 6.07) is 9.83. The topological polar surface area (TPSA) is 72.2 Å². The number of nitrogens with two attached hydrogens (primary N) is 1. The van der Waals surface area contributed by atoms with Crippen molar-refractivity contribution in [2.24, 2.45) is 5.73 Å². The van der Waals surface area contributed by atoms with Crippen LogP contribution in [0.25, 0.3) is 0 Å². The fourth-order valence-corrected chi connectivity index (χ4v) is 4.16. The van der Waals surface area contributed by atoms with Crippen LogP contribution >= 0.6 is 12.2 Å². The monoisotopic (exact) mass is 314 g/mol. The minimum absolute atomic E-state index is 0.0234. The molecule has 0 radical (unpaired) electrons. The van der Waals surface area contributed by atoms with Crippen molar-refractivity contribution in [3.63, 3.8) is 0 Å². The van der Waals surface area contributed by atoms with Gasteiger partial charge in [0.2, 0.25) is 10.0 Å². The lowest BCUT2D eigenvalue weighted by Gasteiger charge is -2.19. The van der Waals surface area contributed by atoms with Gasteiger partial charge in [-0.15, -0.1) is 0 Å². The van der Waals surface area contributed by atoms with Crippen LogP contribution in [0.1, 0.15) is 32.3 Å².